The van der Waals surface area contributed by atoms with Crippen LogP contribution in [-0.4, -0.2) is 44.5 Å². The molecule has 0 aliphatic heterocycles. The van der Waals surface area contributed by atoms with Crippen molar-refractivity contribution in [3.05, 3.63) is 0 Å². The summed E-state index contributed by atoms with van der Waals surface area (Å²) >= 11 is 0. The van der Waals surface area contributed by atoms with Gasteiger partial charge in [-0.3, -0.25) is 4.79 Å². The van der Waals surface area contributed by atoms with Crippen molar-refractivity contribution in [2.24, 2.45) is 0 Å². The molecule has 1 aliphatic carbocycles. The molecule has 2 N–H and O–H groups in total. The molecule has 0 aromatic carbocycles. The maximum absolute atomic E-state index is 11.8. The summed E-state index contributed by atoms with van der Waals surface area (Å²) in [6.45, 7) is 4.52. The number of amides is 1. The van der Waals surface area contributed by atoms with Crippen molar-refractivity contribution >= 4 is 15.7 Å². The number of carbonyl (C=O) groups excluding carboxylic acids is 1. The first-order valence-electron chi connectivity index (χ1n) is 7.07. The second kappa shape index (κ2) is 7.24. The van der Waals surface area contributed by atoms with Crippen molar-refractivity contribution in [2.75, 3.05) is 12.8 Å². The van der Waals surface area contributed by atoms with Gasteiger partial charge in [-0.15, -0.1) is 0 Å². The van der Waals surface area contributed by atoms with Gasteiger partial charge in [0.1, 0.15) is 9.84 Å². The van der Waals surface area contributed by atoms with Gasteiger partial charge in [0.05, 0.1) is 11.3 Å². The van der Waals surface area contributed by atoms with Crippen molar-refractivity contribution in [3.63, 3.8) is 0 Å². The summed E-state index contributed by atoms with van der Waals surface area (Å²) < 4.78 is 23.2. The Hall–Kier alpha value is -0.620. The fraction of sp³-hybridized carbons (Fsp3) is 0.923. The van der Waals surface area contributed by atoms with Gasteiger partial charge < -0.3 is 10.6 Å². The minimum absolute atomic E-state index is 0.0108. The Morgan fingerprint density at radius 2 is 2.05 bits per heavy atom. The van der Waals surface area contributed by atoms with Crippen molar-refractivity contribution in [2.45, 2.75) is 63.3 Å². The van der Waals surface area contributed by atoms with Gasteiger partial charge in [-0.05, 0) is 32.6 Å². The summed E-state index contributed by atoms with van der Waals surface area (Å²) in [5.74, 6) is -0.0108. The average Bonchev–Trinajstić information content (AvgIpc) is 2.35. The normalized spacial score (nSPS) is 25.8. The van der Waals surface area contributed by atoms with E-state index in [1.807, 2.05) is 13.8 Å². The van der Waals surface area contributed by atoms with E-state index in [4.69, 9.17) is 0 Å². The zero-order chi connectivity index (χ0) is 14.5. The third-order valence-electron chi connectivity index (χ3n) is 3.66. The molecular formula is C13H26N2O3S. The van der Waals surface area contributed by atoms with Crippen LogP contribution >= 0.6 is 0 Å². The third kappa shape index (κ3) is 5.48. The lowest BCUT2D eigenvalue weighted by Gasteiger charge is -2.30. The van der Waals surface area contributed by atoms with Crippen LogP contribution in [0.2, 0.25) is 0 Å². The quantitative estimate of drug-likeness (QED) is 0.760. The number of hydrogen-bond acceptors (Lipinski definition) is 4. The smallest absolute Gasteiger partial charge is 0.236 e. The maximum Gasteiger partial charge on any atom is 0.236 e. The fourth-order valence-electron chi connectivity index (χ4n) is 2.52. The molecule has 19 heavy (non-hydrogen) atoms. The Kier molecular flexibility index (Phi) is 6.26. The topological polar surface area (TPSA) is 75.3 Å². The van der Waals surface area contributed by atoms with E-state index in [0.717, 1.165) is 25.7 Å². The first-order chi connectivity index (χ1) is 8.84. The van der Waals surface area contributed by atoms with Gasteiger partial charge in [0.15, 0.2) is 0 Å². The van der Waals surface area contributed by atoms with Crippen LogP contribution in [0.1, 0.15) is 46.0 Å². The molecule has 0 aromatic rings. The van der Waals surface area contributed by atoms with Crippen LogP contribution < -0.4 is 10.6 Å². The molecule has 1 fully saturated rings. The van der Waals surface area contributed by atoms with Crippen LogP contribution in [0.3, 0.4) is 0 Å². The van der Waals surface area contributed by atoms with Crippen molar-refractivity contribution in [1.82, 2.24) is 10.6 Å². The van der Waals surface area contributed by atoms with Crippen LogP contribution in [0, 0.1) is 0 Å². The van der Waals surface area contributed by atoms with E-state index in [0.29, 0.717) is 13.0 Å². The van der Waals surface area contributed by atoms with E-state index in [9.17, 15) is 13.2 Å². The molecular weight excluding hydrogens is 264 g/mol. The van der Waals surface area contributed by atoms with Crippen LogP contribution in [0.15, 0.2) is 0 Å². The molecule has 3 atom stereocenters. The lowest BCUT2D eigenvalue weighted by molar-refractivity contribution is -0.123. The average molecular weight is 290 g/mol. The summed E-state index contributed by atoms with van der Waals surface area (Å²) in [5, 5.41) is 5.84. The van der Waals surface area contributed by atoms with Crippen LogP contribution in [0.5, 0.6) is 0 Å². The van der Waals surface area contributed by atoms with E-state index in [2.05, 4.69) is 10.6 Å². The maximum atomic E-state index is 11.8. The minimum Gasteiger partial charge on any atom is -0.355 e. The van der Waals surface area contributed by atoms with Gasteiger partial charge >= 0.3 is 0 Å². The number of hydrogen-bond donors (Lipinski definition) is 2. The first-order valence-corrected chi connectivity index (χ1v) is 9.02. The molecule has 3 unspecified atom stereocenters. The standard InChI is InChI=1S/C13H26N2O3S/c1-4-8-14-13(16)10(2)15-11-6-5-7-12(9-11)19(3,17)18/h10-12,15H,4-9H2,1-3H3,(H,14,16). The van der Waals surface area contributed by atoms with Gasteiger partial charge in [-0.25, -0.2) is 8.42 Å². The molecule has 6 heteroatoms. The van der Waals surface area contributed by atoms with Gasteiger partial charge in [0.2, 0.25) is 5.91 Å². The monoisotopic (exact) mass is 290 g/mol. The van der Waals surface area contributed by atoms with Crippen LogP contribution in [0.25, 0.3) is 0 Å². The molecule has 1 saturated carbocycles. The largest absolute Gasteiger partial charge is 0.355 e. The molecule has 5 nitrogen and oxygen atoms in total. The van der Waals surface area contributed by atoms with Crippen molar-refractivity contribution in [1.29, 1.82) is 0 Å². The summed E-state index contributed by atoms with van der Waals surface area (Å²) in [6.07, 6.45) is 5.42. The minimum atomic E-state index is -2.97. The highest BCUT2D eigenvalue weighted by molar-refractivity contribution is 7.91. The summed E-state index contributed by atoms with van der Waals surface area (Å²) in [7, 11) is -2.97. The Labute approximate surface area is 116 Å². The molecule has 0 bridgehead atoms. The van der Waals surface area contributed by atoms with Crippen molar-refractivity contribution < 1.29 is 13.2 Å². The van der Waals surface area contributed by atoms with Crippen molar-refractivity contribution in [3.8, 4) is 0 Å². The van der Waals surface area contributed by atoms with Crippen LogP contribution in [-0.2, 0) is 14.6 Å². The number of rotatable bonds is 6. The first kappa shape index (κ1) is 16.4. The molecule has 1 aliphatic rings. The molecule has 0 saturated heterocycles. The van der Waals surface area contributed by atoms with Gasteiger partial charge in [0.25, 0.3) is 0 Å². The van der Waals surface area contributed by atoms with Crippen LogP contribution in [0.4, 0.5) is 0 Å². The van der Waals surface area contributed by atoms with E-state index < -0.39 is 9.84 Å². The molecule has 112 valence electrons. The highest BCUT2D eigenvalue weighted by atomic mass is 32.2. The summed E-state index contributed by atoms with van der Waals surface area (Å²) in [6, 6.07) is -0.147. The molecule has 0 radical (unpaired) electrons. The lowest BCUT2D eigenvalue weighted by atomic mass is 9.94. The van der Waals surface area contributed by atoms with E-state index in [-0.39, 0.29) is 23.2 Å². The zero-order valence-corrected chi connectivity index (χ0v) is 12.9. The van der Waals surface area contributed by atoms with E-state index in [1.165, 1.54) is 6.26 Å². The second-order valence-electron chi connectivity index (χ2n) is 5.49. The molecule has 1 amide bonds. The van der Waals surface area contributed by atoms with Gasteiger partial charge in [-0.1, -0.05) is 13.3 Å². The SMILES string of the molecule is CCCNC(=O)C(C)NC1CCCC(S(C)(=O)=O)C1. The molecule has 0 spiro atoms. The highest BCUT2D eigenvalue weighted by Crippen LogP contribution is 2.24. The predicted octanol–water partition coefficient (Wildman–Crippen LogP) is 0.847. The zero-order valence-electron chi connectivity index (χ0n) is 12.1. The van der Waals surface area contributed by atoms with E-state index >= 15 is 0 Å². The van der Waals surface area contributed by atoms with E-state index in [1.54, 1.807) is 0 Å². The van der Waals surface area contributed by atoms with Gasteiger partial charge in [-0.2, -0.15) is 0 Å². The number of sulfone groups is 1. The second-order valence-corrected chi connectivity index (χ2v) is 7.82. The van der Waals surface area contributed by atoms with Gasteiger partial charge in [0, 0.05) is 18.8 Å². The predicted molar refractivity (Wildman–Crippen MR) is 76.8 cm³/mol. The lowest BCUT2D eigenvalue weighted by Crippen LogP contribution is -2.49. The Morgan fingerprint density at radius 1 is 1.37 bits per heavy atom. The highest BCUT2D eigenvalue weighted by Gasteiger charge is 2.30. The number of carbonyl (C=O) groups is 1. The Morgan fingerprint density at radius 3 is 2.63 bits per heavy atom. The molecule has 0 aromatic heterocycles. The summed E-state index contributed by atoms with van der Waals surface area (Å²) in [4.78, 5) is 11.8. The Bertz CT molecular complexity index is 395. The molecule has 0 heterocycles. The fourth-order valence-corrected chi connectivity index (χ4v) is 3.69. The molecule has 1 rings (SSSR count). The number of nitrogens with one attached hydrogen (secondary N) is 2. The summed E-state index contributed by atoms with van der Waals surface area (Å²) in [5.41, 5.74) is 0. The third-order valence-corrected chi connectivity index (χ3v) is 5.30. The Balaban J connectivity index is 2.46.